The predicted molar refractivity (Wildman–Crippen MR) is 99.8 cm³/mol. The molecule has 1 aromatic heterocycles. The molecular weight excluding hydrogens is 348 g/mol. The Morgan fingerprint density at radius 2 is 2.11 bits per heavy atom. The van der Waals surface area contributed by atoms with Gasteiger partial charge in [-0.25, -0.2) is 9.78 Å². The predicted octanol–water partition coefficient (Wildman–Crippen LogP) is 3.68. The molecule has 1 saturated carbocycles. The number of imidazole rings is 1. The molecule has 1 aliphatic carbocycles. The number of hydrogen-bond donors (Lipinski definition) is 1. The summed E-state index contributed by atoms with van der Waals surface area (Å²) in [7, 11) is 1.20. The first-order valence-corrected chi connectivity index (χ1v) is 8.65. The highest BCUT2D eigenvalue weighted by molar-refractivity contribution is 5.95. The van der Waals surface area contributed by atoms with Crippen LogP contribution in [0, 0.1) is 10.1 Å². The molecular formula is C19H18N4O4. The number of aromatic nitrogens is 2. The molecule has 4 rings (SSSR count). The van der Waals surface area contributed by atoms with Gasteiger partial charge in [0.25, 0.3) is 5.69 Å². The minimum Gasteiger partial charge on any atom is -0.465 e. The van der Waals surface area contributed by atoms with Crippen molar-refractivity contribution in [3.8, 4) is 0 Å². The molecule has 0 bridgehead atoms. The number of ether oxygens (including phenoxy) is 1. The SMILES string of the molecule is COC(=O)c1cc(NCc2nc3ccccc3n2C2CC2)ccc1[N+](=O)[O-]. The molecule has 138 valence electrons. The summed E-state index contributed by atoms with van der Waals surface area (Å²) in [5.41, 5.74) is 2.28. The fourth-order valence-electron chi connectivity index (χ4n) is 3.22. The molecule has 8 nitrogen and oxygen atoms in total. The summed E-state index contributed by atoms with van der Waals surface area (Å²) in [4.78, 5) is 27.1. The highest BCUT2D eigenvalue weighted by Crippen LogP contribution is 2.38. The van der Waals surface area contributed by atoms with Gasteiger partial charge in [0, 0.05) is 17.8 Å². The molecule has 0 radical (unpaired) electrons. The summed E-state index contributed by atoms with van der Waals surface area (Å²) in [6.45, 7) is 0.448. The topological polar surface area (TPSA) is 99.3 Å². The molecule has 0 unspecified atom stereocenters. The van der Waals surface area contributed by atoms with Crippen LogP contribution in [-0.2, 0) is 11.3 Å². The van der Waals surface area contributed by atoms with Crippen molar-refractivity contribution in [2.75, 3.05) is 12.4 Å². The number of carbonyl (C=O) groups is 1. The summed E-state index contributed by atoms with van der Waals surface area (Å²) >= 11 is 0. The second-order valence-electron chi connectivity index (χ2n) is 6.45. The molecule has 0 spiro atoms. The Balaban J connectivity index is 1.62. The van der Waals surface area contributed by atoms with Crippen molar-refractivity contribution in [3.05, 3.63) is 64.0 Å². The van der Waals surface area contributed by atoms with Crippen molar-refractivity contribution in [2.45, 2.75) is 25.4 Å². The lowest BCUT2D eigenvalue weighted by Gasteiger charge is -2.10. The fraction of sp³-hybridized carbons (Fsp3) is 0.263. The summed E-state index contributed by atoms with van der Waals surface area (Å²) in [5.74, 6) is 0.159. The number of para-hydroxylation sites is 2. The molecule has 1 heterocycles. The lowest BCUT2D eigenvalue weighted by atomic mass is 10.1. The van der Waals surface area contributed by atoms with Gasteiger partial charge < -0.3 is 14.6 Å². The van der Waals surface area contributed by atoms with Crippen LogP contribution in [0.25, 0.3) is 11.0 Å². The van der Waals surface area contributed by atoms with Gasteiger partial charge in [-0.3, -0.25) is 10.1 Å². The highest BCUT2D eigenvalue weighted by atomic mass is 16.6. The van der Waals surface area contributed by atoms with Crippen LogP contribution in [0.5, 0.6) is 0 Å². The van der Waals surface area contributed by atoms with Crippen LogP contribution >= 0.6 is 0 Å². The number of carbonyl (C=O) groups excluding carboxylic acids is 1. The summed E-state index contributed by atoms with van der Waals surface area (Å²) in [6, 6.07) is 12.8. The molecule has 0 saturated heterocycles. The van der Waals surface area contributed by atoms with Crippen LogP contribution in [0.3, 0.4) is 0 Å². The van der Waals surface area contributed by atoms with Gasteiger partial charge in [-0.05, 0) is 37.1 Å². The first-order valence-electron chi connectivity index (χ1n) is 8.65. The zero-order chi connectivity index (χ0) is 19.0. The molecule has 1 aliphatic rings. The third kappa shape index (κ3) is 3.21. The van der Waals surface area contributed by atoms with Crippen LogP contribution in [0.1, 0.15) is 35.1 Å². The lowest BCUT2D eigenvalue weighted by molar-refractivity contribution is -0.385. The van der Waals surface area contributed by atoms with E-state index in [0.29, 0.717) is 18.3 Å². The second kappa shape index (κ2) is 6.71. The standard InChI is InChI=1S/C19H18N4O4/c1-27-19(24)14-10-12(6-9-16(14)23(25)26)20-11-18-21-15-4-2-3-5-17(15)22(18)13-7-8-13/h2-6,9-10,13,20H,7-8,11H2,1H3. The number of anilines is 1. The van der Waals surface area contributed by atoms with E-state index >= 15 is 0 Å². The van der Waals surface area contributed by atoms with E-state index < -0.39 is 10.9 Å². The average Bonchev–Trinajstić information content (AvgIpc) is 3.45. The van der Waals surface area contributed by atoms with Crippen LogP contribution in [0.4, 0.5) is 11.4 Å². The van der Waals surface area contributed by atoms with Crippen molar-refractivity contribution < 1.29 is 14.5 Å². The minimum atomic E-state index is -0.740. The highest BCUT2D eigenvalue weighted by Gasteiger charge is 2.28. The minimum absolute atomic E-state index is 0.0804. The fourth-order valence-corrected chi connectivity index (χ4v) is 3.22. The van der Waals surface area contributed by atoms with E-state index in [2.05, 4.69) is 20.7 Å². The Bertz CT molecular complexity index is 1040. The number of nitro benzene ring substituents is 1. The molecule has 2 aromatic carbocycles. The Morgan fingerprint density at radius 1 is 1.33 bits per heavy atom. The van der Waals surface area contributed by atoms with Crippen molar-refractivity contribution in [1.82, 2.24) is 9.55 Å². The maximum absolute atomic E-state index is 11.9. The summed E-state index contributed by atoms with van der Waals surface area (Å²) in [5, 5.41) is 14.3. The largest absolute Gasteiger partial charge is 0.465 e. The van der Waals surface area contributed by atoms with Crippen molar-refractivity contribution in [1.29, 1.82) is 0 Å². The van der Waals surface area contributed by atoms with E-state index in [4.69, 9.17) is 4.98 Å². The van der Waals surface area contributed by atoms with E-state index in [-0.39, 0.29) is 11.3 Å². The number of esters is 1. The van der Waals surface area contributed by atoms with Crippen LogP contribution < -0.4 is 5.32 Å². The quantitative estimate of drug-likeness (QED) is 0.406. The third-order valence-electron chi connectivity index (χ3n) is 4.63. The van der Waals surface area contributed by atoms with E-state index in [1.807, 2.05) is 18.2 Å². The Labute approximate surface area is 154 Å². The van der Waals surface area contributed by atoms with Gasteiger partial charge in [0.2, 0.25) is 0 Å². The first kappa shape index (κ1) is 17.0. The number of benzene rings is 2. The Morgan fingerprint density at radius 3 is 2.81 bits per heavy atom. The van der Waals surface area contributed by atoms with Gasteiger partial charge in [0.05, 0.1) is 29.6 Å². The van der Waals surface area contributed by atoms with E-state index in [9.17, 15) is 14.9 Å². The summed E-state index contributed by atoms with van der Waals surface area (Å²) in [6.07, 6.45) is 2.27. The molecule has 0 atom stereocenters. The van der Waals surface area contributed by atoms with Gasteiger partial charge in [0.1, 0.15) is 11.4 Å². The normalized spacial score (nSPS) is 13.5. The number of rotatable bonds is 6. The average molecular weight is 366 g/mol. The van der Waals surface area contributed by atoms with Crippen LogP contribution in [0.15, 0.2) is 42.5 Å². The molecule has 1 fully saturated rings. The molecule has 1 N–H and O–H groups in total. The smallest absolute Gasteiger partial charge is 0.344 e. The van der Waals surface area contributed by atoms with Gasteiger partial charge in [-0.2, -0.15) is 0 Å². The molecule has 0 aliphatic heterocycles. The number of hydrogen-bond acceptors (Lipinski definition) is 6. The number of fused-ring (bicyclic) bond motifs is 1. The van der Waals surface area contributed by atoms with Crippen LogP contribution in [-0.4, -0.2) is 27.6 Å². The van der Waals surface area contributed by atoms with Gasteiger partial charge in [0.15, 0.2) is 0 Å². The molecule has 3 aromatic rings. The van der Waals surface area contributed by atoms with E-state index in [0.717, 1.165) is 29.7 Å². The lowest BCUT2D eigenvalue weighted by Crippen LogP contribution is -2.10. The second-order valence-corrected chi connectivity index (χ2v) is 6.45. The Hall–Kier alpha value is -3.42. The monoisotopic (exact) mass is 366 g/mol. The number of nitrogens with one attached hydrogen (secondary N) is 1. The van der Waals surface area contributed by atoms with Crippen molar-refractivity contribution >= 4 is 28.4 Å². The summed E-state index contributed by atoms with van der Waals surface area (Å²) < 4.78 is 6.90. The van der Waals surface area contributed by atoms with Gasteiger partial charge in [-0.15, -0.1) is 0 Å². The number of nitro groups is 1. The first-order chi connectivity index (χ1) is 13.1. The zero-order valence-corrected chi connectivity index (χ0v) is 14.7. The maximum atomic E-state index is 11.9. The van der Waals surface area contributed by atoms with Crippen molar-refractivity contribution in [2.24, 2.45) is 0 Å². The Kier molecular flexibility index (Phi) is 4.23. The zero-order valence-electron chi connectivity index (χ0n) is 14.7. The van der Waals surface area contributed by atoms with Crippen LogP contribution in [0.2, 0.25) is 0 Å². The third-order valence-corrected chi connectivity index (χ3v) is 4.63. The number of methoxy groups -OCH3 is 1. The van der Waals surface area contributed by atoms with Crippen molar-refractivity contribution in [3.63, 3.8) is 0 Å². The molecule has 0 amide bonds. The molecule has 27 heavy (non-hydrogen) atoms. The van der Waals surface area contributed by atoms with Gasteiger partial charge >= 0.3 is 5.97 Å². The van der Waals surface area contributed by atoms with E-state index in [1.54, 1.807) is 6.07 Å². The maximum Gasteiger partial charge on any atom is 0.344 e. The van der Waals surface area contributed by atoms with E-state index in [1.165, 1.54) is 19.2 Å². The molecule has 8 heteroatoms. The number of nitrogens with zero attached hydrogens (tertiary/aromatic N) is 3. The van der Waals surface area contributed by atoms with Gasteiger partial charge in [-0.1, -0.05) is 12.1 Å².